The van der Waals surface area contributed by atoms with Crippen molar-refractivity contribution in [3.63, 3.8) is 0 Å². The number of aryl methyl sites for hydroxylation is 1. The van der Waals surface area contributed by atoms with Crippen molar-refractivity contribution in [1.29, 1.82) is 0 Å². The topological polar surface area (TPSA) is 157 Å². The lowest BCUT2D eigenvalue weighted by atomic mass is 10.0. The number of hydrogen-bond acceptors (Lipinski definition) is 12. The average Bonchev–Trinajstić information content (AvgIpc) is 3.87. The molecule has 15 heteroatoms. The highest BCUT2D eigenvalue weighted by Crippen LogP contribution is 2.41. The fourth-order valence-electron chi connectivity index (χ4n) is 7.14. The number of hydrogen-bond donors (Lipinski definition) is 3. The number of para-hydroxylation sites is 1. The summed E-state index contributed by atoms with van der Waals surface area (Å²) in [5.41, 5.74) is 6.10. The Bertz CT molecular complexity index is 2790. The number of nitrogens with zero attached hydrogens (tertiary/aromatic N) is 5. The lowest BCUT2D eigenvalue weighted by molar-refractivity contribution is -0.113. The summed E-state index contributed by atoms with van der Waals surface area (Å²) in [7, 11) is 14.0. The van der Waals surface area contributed by atoms with Gasteiger partial charge in [0.05, 0.1) is 51.2 Å². The van der Waals surface area contributed by atoms with Crippen molar-refractivity contribution in [2.45, 2.75) is 0 Å². The molecule has 0 aliphatic heterocycles. The van der Waals surface area contributed by atoms with Crippen LogP contribution in [0.1, 0.15) is 15.9 Å². The largest absolute Gasteiger partial charge is 0.497 e. The second-order valence-electron chi connectivity index (χ2n) is 14.9. The number of benzene rings is 4. The molecule has 0 spiro atoms. The van der Waals surface area contributed by atoms with Crippen LogP contribution in [0.15, 0.2) is 104 Å². The molecule has 0 atom stereocenters. The van der Waals surface area contributed by atoms with Crippen molar-refractivity contribution in [2.24, 2.45) is 7.05 Å². The molecule has 62 heavy (non-hydrogen) atoms. The molecule has 3 N–H and O–H groups in total. The third kappa shape index (κ3) is 8.83. The fraction of sp³-hybridized carbons (Fsp3) is 0.234. The molecule has 0 aliphatic rings. The first kappa shape index (κ1) is 42.6. The lowest BCUT2D eigenvalue weighted by Gasteiger charge is -2.26. The van der Waals surface area contributed by atoms with Gasteiger partial charge in [-0.15, -0.1) is 0 Å². The molecule has 1 amide bonds. The van der Waals surface area contributed by atoms with Crippen molar-refractivity contribution >= 4 is 56.5 Å². The van der Waals surface area contributed by atoms with E-state index in [2.05, 4.69) is 48.8 Å². The van der Waals surface area contributed by atoms with Crippen LogP contribution in [0.4, 0.5) is 23.0 Å². The number of nitrogens with one attached hydrogen (secondary N) is 3. The first-order chi connectivity index (χ1) is 29.9. The fourth-order valence-corrected chi connectivity index (χ4v) is 7.14. The molecule has 0 aliphatic carbocycles. The summed E-state index contributed by atoms with van der Waals surface area (Å²) in [4.78, 5) is 44.5. The van der Waals surface area contributed by atoms with Crippen molar-refractivity contribution in [3.8, 4) is 40.0 Å². The number of methoxy groups -OCH3 is 4. The van der Waals surface area contributed by atoms with Crippen LogP contribution in [0.2, 0.25) is 0 Å². The molecule has 4 aromatic carbocycles. The highest BCUT2D eigenvalue weighted by atomic mass is 16.5. The number of aromatic amines is 1. The number of H-pyrrole nitrogens is 1. The molecular formula is C47H50N8O7. The Labute approximate surface area is 359 Å². The number of likely N-dealkylation sites (N-methyl/N-ethyl adjacent to an activating group) is 2. The molecule has 3 aromatic heterocycles. The van der Waals surface area contributed by atoms with Gasteiger partial charge in [-0.3, -0.25) is 9.59 Å². The number of ketones is 1. The van der Waals surface area contributed by atoms with Crippen LogP contribution in [0.5, 0.6) is 28.7 Å². The van der Waals surface area contributed by atoms with Gasteiger partial charge in [-0.2, -0.15) is 0 Å². The van der Waals surface area contributed by atoms with Crippen LogP contribution in [0.3, 0.4) is 0 Å². The molecule has 0 fully saturated rings. The number of aromatic nitrogens is 4. The van der Waals surface area contributed by atoms with Gasteiger partial charge in [-0.05, 0) is 56.6 Å². The summed E-state index contributed by atoms with van der Waals surface area (Å²) in [6, 6.07) is 22.2. The van der Waals surface area contributed by atoms with Crippen molar-refractivity contribution < 1.29 is 33.3 Å². The van der Waals surface area contributed by atoms with E-state index >= 15 is 0 Å². The van der Waals surface area contributed by atoms with Crippen molar-refractivity contribution in [1.82, 2.24) is 24.4 Å². The maximum atomic E-state index is 14.0. The van der Waals surface area contributed by atoms with E-state index in [1.54, 1.807) is 50.9 Å². The first-order valence-corrected chi connectivity index (χ1v) is 19.7. The molecule has 320 valence electrons. The Morgan fingerprint density at radius 3 is 2.35 bits per heavy atom. The summed E-state index contributed by atoms with van der Waals surface area (Å²) in [6.45, 7) is 5.22. The van der Waals surface area contributed by atoms with Gasteiger partial charge >= 0.3 is 0 Å². The average molecular weight is 839 g/mol. The van der Waals surface area contributed by atoms with E-state index in [0.29, 0.717) is 52.2 Å². The molecule has 0 bridgehead atoms. The van der Waals surface area contributed by atoms with Gasteiger partial charge in [-0.25, -0.2) is 9.97 Å². The molecular weight excluding hydrogens is 789 g/mol. The predicted molar refractivity (Wildman–Crippen MR) is 243 cm³/mol. The second-order valence-corrected chi connectivity index (χ2v) is 14.9. The Hall–Kier alpha value is -7.52. The minimum Gasteiger partial charge on any atom is -0.497 e. The van der Waals surface area contributed by atoms with Crippen LogP contribution in [-0.4, -0.2) is 105 Å². The minimum absolute atomic E-state index is 0.103. The normalized spacial score (nSPS) is 11.1. The third-order valence-electron chi connectivity index (χ3n) is 10.5. The summed E-state index contributed by atoms with van der Waals surface area (Å²) < 4.78 is 30.7. The van der Waals surface area contributed by atoms with E-state index in [1.165, 1.54) is 14.2 Å². The Morgan fingerprint density at radius 2 is 1.61 bits per heavy atom. The summed E-state index contributed by atoms with van der Waals surface area (Å²) in [6.07, 6.45) is 5.40. The van der Waals surface area contributed by atoms with Gasteiger partial charge in [0.2, 0.25) is 11.7 Å². The number of carbonyl (C=O) groups excluding carboxylic acids is 2. The Balaban J connectivity index is 1.14. The maximum absolute atomic E-state index is 14.0. The van der Waals surface area contributed by atoms with Crippen LogP contribution >= 0.6 is 0 Å². The van der Waals surface area contributed by atoms with Gasteiger partial charge in [0.25, 0.3) is 5.91 Å². The quantitative estimate of drug-likeness (QED) is 0.0573. The van der Waals surface area contributed by atoms with E-state index in [9.17, 15) is 9.59 Å². The summed E-state index contributed by atoms with van der Waals surface area (Å²) >= 11 is 0. The van der Waals surface area contributed by atoms with Crippen LogP contribution in [0.25, 0.3) is 33.1 Å². The zero-order valence-electron chi connectivity index (χ0n) is 36.1. The molecule has 3 heterocycles. The van der Waals surface area contributed by atoms with Gasteiger partial charge in [0.1, 0.15) is 18.1 Å². The molecule has 15 nitrogen and oxygen atoms in total. The van der Waals surface area contributed by atoms with Gasteiger partial charge in [0, 0.05) is 102 Å². The highest BCUT2D eigenvalue weighted by molar-refractivity contribution is 6.17. The van der Waals surface area contributed by atoms with E-state index in [1.807, 2.05) is 75.7 Å². The number of fused-ring (bicyclic) bond motifs is 2. The molecule has 0 unspecified atom stereocenters. The number of carbonyl (C=O) groups is 2. The van der Waals surface area contributed by atoms with Crippen LogP contribution < -0.4 is 39.2 Å². The Kier molecular flexibility index (Phi) is 12.6. The van der Waals surface area contributed by atoms with Crippen molar-refractivity contribution in [2.75, 3.05) is 84.8 Å². The van der Waals surface area contributed by atoms with Crippen molar-refractivity contribution in [3.05, 3.63) is 115 Å². The molecule has 0 saturated heterocycles. The standard InChI is InChI=1S/C47H50N8O7/c1-28(27-62-43-21-29(20-42(60-8)45(43)61-9)44(56)33-25-49-36-22-30(58-6)14-15-31(33)36)46(57)50-37-23-38(41(59-7)24-40(37)54(4)19-18-53(2)3)52-47-48-17-16-35(51-47)34-26-55(5)39-13-11-10-12-32(34)39/h10-17,20-26,49H,1,18-19,27H2,2-9H3,(H,50,57)(H,48,51,52). The monoisotopic (exact) mass is 838 g/mol. The molecule has 7 rings (SSSR count). The van der Waals surface area contributed by atoms with E-state index in [0.717, 1.165) is 39.6 Å². The SMILES string of the molecule is C=C(COc1cc(C(=O)c2c[nH]c3cc(OC)ccc23)cc(OC)c1OC)C(=O)Nc1cc(Nc2nccc(-c3cn(C)c4ccccc34)n2)c(OC)cc1N(C)CCN(C)C. The first-order valence-electron chi connectivity index (χ1n) is 19.7. The van der Waals surface area contributed by atoms with E-state index < -0.39 is 5.91 Å². The molecule has 7 aromatic rings. The number of rotatable bonds is 18. The zero-order chi connectivity index (χ0) is 44.1. The summed E-state index contributed by atoms with van der Waals surface area (Å²) in [5.74, 6) is 1.47. The predicted octanol–water partition coefficient (Wildman–Crippen LogP) is 7.70. The molecule has 0 radical (unpaired) electrons. The summed E-state index contributed by atoms with van der Waals surface area (Å²) in [5, 5.41) is 8.16. The number of anilines is 4. The second kappa shape index (κ2) is 18.4. The maximum Gasteiger partial charge on any atom is 0.254 e. The van der Waals surface area contributed by atoms with E-state index in [4.69, 9.17) is 28.7 Å². The van der Waals surface area contributed by atoms with Gasteiger partial charge in [-0.1, -0.05) is 24.8 Å². The Morgan fingerprint density at radius 1 is 0.839 bits per heavy atom. The smallest absolute Gasteiger partial charge is 0.254 e. The number of amides is 1. The van der Waals surface area contributed by atoms with Gasteiger partial charge in [0.15, 0.2) is 17.3 Å². The zero-order valence-corrected chi connectivity index (χ0v) is 36.1. The highest BCUT2D eigenvalue weighted by Gasteiger charge is 2.23. The van der Waals surface area contributed by atoms with Gasteiger partial charge < -0.3 is 53.7 Å². The van der Waals surface area contributed by atoms with Crippen LogP contribution in [-0.2, 0) is 11.8 Å². The molecule has 0 saturated carbocycles. The number of ether oxygens (including phenoxy) is 5. The van der Waals surface area contributed by atoms with E-state index in [-0.39, 0.29) is 35.2 Å². The van der Waals surface area contributed by atoms with Crippen LogP contribution in [0, 0.1) is 0 Å². The minimum atomic E-state index is -0.495. The third-order valence-corrected chi connectivity index (χ3v) is 10.5. The lowest BCUT2D eigenvalue weighted by Crippen LogP contribution is -2.29.